The maximum Gasteiger partial charge on any atom is 0.243 e. The van der Waals surface area contributed by atoms with E-state index in [4.69, 9.17) is 4.74 Å². The zero-order chi connectivity index (χ0) is 16.9. The van der Waals surface area contributed by atoms with Gasteiger partial charge in [-0.3, -0.25) is 0 Å². The van der Waals surface area contributed by atoms with Crippen LogP contribution in [0.25, 0.3) is 0 Å². The average molecular weight is 348 g/mol. The maximum absolute atomic E-state index is 13.6. The largest absolute Gasteiger partial charge is 0.383 e. The van der Waals surface area contributed by atoms with Crippen molar-refractivity contribution in [2.75, 3.05) is 39.9 Å². The lowest BCUT2D eigenvalue weighted by Crippen LogP contribution is -2.39. The number of methoxy groups -OCH3 is 1. The molecule has 1 aliphatic rings. The lowest BCUT2D eigenvalue weighted by molar-refractivity contribution is 0.121. The molecule has 0 aromatic heterocycles. The highest BCUT2D eigenvalue weighted by molar-refractivity contribution is 7.89. The number of sulfonamides is 1. The monoisotopic (exact) mass is 348 g/mol. The number of benzene rings is 1. The number of hydrogen-bond donors (Lipinski definition) is 1. The van der Waals surface area contributed by atoms with Gasteiger partial charge in [-0.05, 0) is 50.0 Å². The molecule has 1 aromatic carbocycles. The Labute approximate surface area is 135 Å². The van der Waals surface area contributed by atoms with E-state index < -0.39 is 26.6 Å². The first-order valence-electron chi connectivity index (χ1n) is 7.58. The van der Waals surface area contributed by atoms with Gasteiger partial charge in [-0.1, -0.05) is 0 Å². The predicted octanol–water partition coefficient (Wildman–Crippen LogP) is 1.60. The standard InChI is InChI=1S/C15H22F2N2O3S/c1-22-9-8-19-6-4-12(5-7-19)11-18-23(20,21)15-10-13(16)2-3-14(15)17/h2-3,10,12,18H,4-9,11H2,1H3. The van der Waals surface area contributed by atoms with Crippen molar-refractivity contribution in [2.45, 2.75) is 17.7 Å². The highest BCUT2D eigenvalue weighted by Gasteiger charge is 2.24. The first-order chi connectivity index (χ1) is 10.9. The van der Waals surface area contributed by atoms with Gasteiger partial charge >= 0.3 is 0 Å². The normalized spacial score (nSPS) is 17.5. The molecule has 0 radical (unpaired) electrons. The van der Waals surface area contributed by atoms with Crippen molar-refractivity contribution in [3.63, 3.8) is 0 Å². The van der Waals surface area contributed by atoms with Crippen LogP contribution in [0.3, 0.4) is 0 Å². The van der Waals surface area contributed by atoms with Crippen molar-refractivity contribution in [3.8, 4) is 0 Å². The van der Waals surface area contributed by atoms with Crippen LogP contribution in [0.15, 0.2) is 23.1 Å². The number of rotatable bonds is 7. The van der Waals surface area contributed by atoms with E-state index in [1.165, 1.54) is 0 Å². The molecule has 0 unspecified atom stereocenters. The zero-order valence-corrected chi connectivity index (χ0v) is 13.9. The Morgan fingerprint density at radius 2 is 2.00 bits per heavy atom. The molecule has 0 atom stereocenters. The van der Waals surface area contributed by atoms with Crippen molar-refractivity contribution in [1.82, 2.24) is 9.62 Å². The summed E-state index contributed by atoms with van der Waals surface area (Å²) in [5, 5.41) is 0. The maximum atomic E-state index is 13.6. The van der Waals surface area contributed by atoms with Gasteiger partial charge in [-0.25, -0.2) is 21.9 Å². The molecule has 0 saturated carbocycles. The Hall–Kier alpha value is -1.09. The summed E-state index contributed by atoms with van der Waals surface area (Å²) in [6.07, 6.45) is 1.72. The van der Waals surface area contributed by atoms with Gasteiger partial charge in [0, 0.05) is 20.2 Å². The molecule has 23 heavy (non-hydrogen) atoms. The first kappa shape index (κ1) is 18.3. The molecule has 0 spiro atoms. The van der Waals surface area contributed by atoms with Gasteiger partial charge in [0.05, 0.1) is 6.61 Å². The molecule has 0 aliphatic carbocycles. The average Bonchev–Trinajstić information content (AvgIpc) is 2.54. The first-order valence-corrected chi connectivity index (χ1v) is 9.06. The van der Waals surface area contributed by atoms with Crippen LogP contribution in [-0.4, -0.2) is 53.2 Å². The number of nitrogens with zero attached hydrogens (tertiary/aromatic N) is 1. The highest BCUT2D eigenvalue weighted by atomic mass is 32.2. The van der Waals surface area contributed by atoms with Gasteiger partial charge in [-0.2, -0.15) is 0 Å². The third kappa shape index (κ3) is 5.20. The van der Waals surface area contributed by atoms with Crippen LogP contribution in [0.2, 0.25) is 0 Å². The third-order valence-corrected chi connectivity index (χ3v) is 5.50. The molecule has 1 fully saturated rings. The number of hydrogen-bond acceptors (Lipinski definition) is 4. The molecule has 1 heterocycles. The van der Waals surface area contributed by atoms with E-state index in [0.717, 1.165) is 44.6 Å². The summed E-state index contributed by atoms with van der Waals surface area (Å²) in [6.45, 7) is 3.53. The van der Waals surface area contributed by atoms with E-state index in [0.29, 0.717) is 12.7 Å². The Kier molecular flexibility index (Phi) is 6.46. The topological polar surface area (TPSA) is 58.6 Å². The van der Waals surface area contributed by atoms with E-state index in [1.54, 1.807) is 7.11 Å². The van der Waals surface area contributed by atoms with E-state index in [9.17, 15) is 17.2 Å². The van der Waals surface area contributed by atoms with E-state index in [1.807, 2.05) is 0 Å². The molecule has 0 amide bonds. The molecular weight excluding hydrogens is 326 g/mol. The summed E-state index contributed by atoms with van der Waals surface area (Å²) in [7, 11) is -2.38. The number of piperidine rings is 1. The van der Waals surface area contributed by atoms with E-state index >= 15 is 0 Å². The molecule has 8 heteroatoms. The van der Waals surface area contributed by atoms with Gasteiger partial charge in [0.25, 0.3) is 0 Å². The molecule has 1 aromatic rings. The van der Waals surface area contributed by atoms with Crippen LogP contribution >= 0.6 is 0 Å². The molecule has 0 bridgehead atoms. The summed E-state index contributed by atoms with van der Waals surface area (Å²) in [6, 6.07) is 2.41. The summed E-state index contributed by atoms with van der Waals surface area (Å²) < 4.78 is 58.4. The minimum Gasteiger partial charge on any atom is -0.383 e. The number of nitrogens with one attached hydrogen (secondary N) is 1. The molecule has 130 valence electrons. The fourth-order valence-electron chi connectivity index (χ4n) is 2.62. The minimum atomic E-state index is -4.04. The van der Waals surface area contributed by atoms with Gasteiger partial charge in [0.2, 0.25) is 10.0 Å². The fraction of sp³-hybridized carbons (Fsp3) is 0.600. The Morgan fingerprint density at radius 1 is 1.30 bits per heavy atom. The number of halogens is 2. The van der Waals surface area contributed by atoms with Gasteiger partial charge in [-0.15, -0.1) is 0 Å². The SMILES string of the molecule is COCCN1CCC(CNS(=O)(=O)c2cc(F)ccc2F)CC1. The van der Waals surface area contributed by atoms with Crippen LogP contribution in [0, 0.1) is 17.6 Å². The minimum absolute atomic E-state index is 0.195. The Balaban J connectivity index is 1.87. The van der Waals surface area contributed by atoms with Crippen LogP contribution in [0.4, 0.5) is 8.78 Å². The van der Waals surface area contributed by atoms with Gasteiger partial charge < -0.3 is 9.64 Å². The molecular formula is C15H22F2N2O3S. The van der Waals surface area contributed by atoms with Crippen molar-refractivity contribution in [1.29, 1.82) is 0 Å². The second-order valence-corrected chi connectivity index (χ2v) is 7.44. The van der Waals surface area contributed by atoms with Gasteiger partial charge in [0.15, 0.2) is 0 Å². The lowest BCUT2D eigenvalue weighted by atomic mass is 9.97. The lowest BCUT2D eigenvalue weighted by Gasteiger charge is -2.31. The van der Waals surface area contributed by atoms with Crippen molar-refractivity contribution in [3.05, 3.63) is 29.8 Å². The molecule has 5 nitrogen and oxygen atoms in total. The molecule has 2 rings (SSSR count). The van der Waals surface area contributed by atoms with Crippen LogP contribution in [-0.2, 0) is 14.8 Å². The molecule has 1 N–H and O–H groups in total. The van der Waals surface area contributed by atoms with Crippen molar-refractivity contribution >= 4 is 10.0 Å². The molecule has 1 aliphatic heterocycles. The number of likely N-dealkylation sites (tertiary alicyclic amines) is 1. The van der Waals surface area contributed by atoms with E-state index in [2.05, 4.69) is 9.62 Å². The van der Waals surface area contributed by atoms with Crippen molar-refractivity contribution in [2.24, 2.45) is 5.92 Å². The molecule has 1 saturated heterocycles. The third-order valence-electron chi connectivity index (χ3n) is 4.06. The summed E-state index contributed by atoms with van der Waals surface area (Å²) in [4.78, 5) is 1.62. The smallest absolute Gasteiger partial charge is 0.243 e. The van der Waals surface area contributed by atoms with Crippen LogP contribution in [0.1, 0.15) is 12.8 Å². The summed E-state index contributed by atoms with van der Waals surface area (Å²) in [5.74, 6) is -1.54. The van der Waals surface area contributed by atoms with Gasteiger partial charge in [0.1, 0.15) is 16.5 Å². The quantitative estimate of drug-likeness (QED) is 0.813. The Morgan fingerprint density at radius 3 is 2.65 bits per heavy atom. The highest BCUT2D eigenvalue weighted by Crippen LogP contribution is 2.19. The predicted molar refractivity (Wildman–Crippen MR) is 82.6 cm³/mol. The summed E-state index contributed by atoms with van der Waals surface area (Å²) >= 11 is 0. The Bertz CT molecular complexity index is 617. The van der Waals surface area contributed by atoms with Crippen molar-refractivity contribution < 1.29 is 21.9 Å². The van der Waals surface area contributed by atoms with Crippen LogP contribution < -0.4 is 4.72 Å². The summed E-state index contributed by atoms with van der Waals surface area (Å²) in [5.41, 5.74) is 0. The zero-order valence-electron chi connectivity index (χ0n) is 13.1. The van der Waals surface area contributed by atoms with E-state index in [-0.39, 0.29) is 12.5 Å². The fourth-order valence-corrected chi connectivity index (χ4v) is 3.83. The second-order valence-electron chi connectivity index (χ2n) is 5.70. The number of ether oxygens (including phenoxy) is 1. The van der Waals surface area contributed by atoms with Crippen LogP contribution in [0.5, 0.6) is 0 Å². The second kappa shape index (κ2) is 8.14.